The van der Waals surface area contributed by atoms with Gasteiger partial charge in [-0.25, -0.2) is 0 Å². The Hall–Kier alpha value is -0.220. The van der Waals surface area contributed by atoms with Gasteiger partial charge in [-0.3, -0.25) is 0 Å². The predicted molar refractivity (Wildman–Crippen MR) is 78.5 cm³/mol. The molecule has 0 radical (unpaired) electrons. The van der Waals surface area contributed by atoms with Crippen molar-refractivity contribution in [1.29, 1.82) is 0 Å². The second-order valence-corrected chi connectivity index (χ2v) is 7.43. The number of hydrogen-bond acceptors (Lipinski definition) is 1. The van der Waals surface area contributed by atoms with Crippen molar-refractivity contribution in [3.05, 3.63) is 47.8 Å². The second kappa shape index (κ2) is 7.12. The van der Waals surface area contributed by atoms with Gasteiger partial charge < -0.3 is 0 Å². The van der Waals surface area contributed by atoms with E-state index in [-0.39, 0.29) is 7.92 Å². The highest BCUT2D eigenvalue weighted by atomic mass is 32.1. The van der Waals surface area contributed by atoms with Crippen molar-refractivity contribution in [3.63, 3.8) is 0 Å². The molecule has 15 heavy (non-hydrogen) atoms. The molecule has 0 aliphatic heterocycles. The third-order valence-electron chi connectivity index (χ3n) is 1.82. The van der Waals surface area contributed by atoms with Gasteiger partial charge in [-0.05, 0) is 30.1 Å². The summed E-state index contributed by atoms with van der Waals surface area (Å²) in [5.74, 6) is 0. The lowest BCUT2D eigenvalue weighted by molar-refractivity contribution is 1.72. The molecule has 0 fully saturated rings. The zero-order chi connectivity index (χ0) is 11.1. The Morgan fingerprint density at radius 1 is 1.00 bits per heavy atom. The standard InChI is InChI=1S/C6H10P2S.C6H6/c1-8(2)5-3-4-9-6(5)7;1-2-4-6-5-3-1/h3-4H,7H2,1-2H3;1-6H. The van der Waals surface area contributed by atoms with Crippen LogP contribution in [0.4, 0.5) is 0 Å². The van der Waals surface area contributed by atoms with Gasteiger partial charge >= 0.3 is 0 Å². The fourth-order valence-corrected chi connectivity index (χ4v) is 4.33. The van der Waals surface area contributed by atoms with Crippen LogP contribution in [-0.4, -0.2) is 13.3 Å². The maximum absolute atomic E-state index is 2.78. The monoisotopic (exact) mass is 254 g/mol. The molecule has 2 aromatic rings. The van der Waals surface area contributed by atoms with Crippen LogP contribution in [0.3, 0.4) is 0 Å². The van der Waals surface area contributed by atoms with E-state index in [4.69, 9.17) is 0 Å². The second-order valence-electron chi connectivity index (χ2n) is 3.22. The minimum atomic E-state index is 0.110. The molecular weight excluding hydrogens is 238 g/mol. The lowest BCUT2D eigenvalue weighted by Crippen LogP contribution is -2.08. The Morgan fingerprint density at radius 2 is 1.47 bits per heavy atom. The molecule has 0 N–H and O–H groups in total. The molecule has 1 aromatic heterocycles. The van der Waals surface area contributed by atoms with Gasteiger partial charge in [0, 0.05) is 4.62 Å². The summed E-state index contributed by atoms with van der Waals surface area (Å²) in [5, 5.41) is 3.68. The molecule has 0 aliphatic rings. The lowest BCUT2D eigenvalue weighted by atomic mass is 10.4. The highest BCUT2D eigenvalue weighted by Gasteiger charge is 2.01. The zero-order valence-corrected chi connectivity index (χ0v) is 11.9. The van der Waals surface area contributed by atoms with Gasteiger partial charge in [0.1, 0.15) is 0 Å². The van der Waals surface area contributed by atoms with Crippen molar-refractivity contribution in [3.8, 4) is 0 Å². The average molecular weight is 254 g/mol. The molecule has 1 aromatic carbocycles. The van der Waals surface area contributed by atoms with Crippen molar-refractivity contribution in [2.24, 2.45) is 0 Å². The van der Waals surface area contributed by atoms with Crippen LogP contribution in [0.1, 0.15) is 0 Å². The van der Waals surface area contributed by atoms with Crippen molar-refractivity contribution in [1.82, 2.24) is 0 Å². The maximum atomic E-state index is 2.78. The first kappa shape index (κ1) is 12.8. The van der Waals surface area contributed by atoms with Gasteiger partial charge in [-0.1, -0.05) is 53.6 Å². The smallest absolute Gasteiger partial charge is 0.0292 e. The quantitative estimate of drug-likeness (QED) is 0.685. The molecule has 3 heteroatoms. The van der Waals surface area contributed by atoms with Crippen molar-refractivity contribution < 1.29 is 0 Å². The molecule has 1 unspecified atom stereocenters. The highest BCUT2D eigenvalue weighted by Crippen LogP contribution is 2.24. The Kier molecular flexibility index (Phi) is 6.10. The van der Waals surface area contributed by atoms with E-state index in [1.165, 1.54) is 9.92 Å². The van der Waals surface area contributed by atoms with E-state index < -0.39 is 0 Å². The fraction of sp³-hybridized carbons (Fsp3) is 0.167. The fourth-order valence-electron chi connectivity index (χ4n) is 1.07. The van der Waals surface area contributed by atoms with Gasteiger partial charge in [-0.15, -0.1) is 11.3 Å². The Bertz CT molecular complexity index is 341. The molecule has 0 bridgehead atoms. The van der Waals surface area contributed by atoms with E-state index in [2.05, 4.69) is 34.0 Å². The normalized spacial score (nSPS) is 9.60. The van der Waals surface area contributed by atoms with Gasteiger partial charge in [0.05, 0.1) is 0 Å². The summed E-state index contributed by atoms with van der Waals surface area (Å²) in [4.78, 5) is 0. The van der Waals surface area contributed by atoms with E-state index in [1.54, 1.807) is 0 Å². The van der Waals surface area contributed by atoms with Crippen LogP contribution in [0, 0.1) is 0 Å². The Labute approximate surface area is 99.7 Å². The first-order valence-electron chi connectivity index (χ1n) is 4.72. The molecule has 2 rings (SSSR count). The maximum Gasteiger partial charge on any atom is 0.0292 e. The molecule has 0 saturated carbocycles. The number of hydrogen-bond donors (Lipinski definition) is 0. The number of thiophene rings is 1. The van der Waals surface area contributed by atoms with E-state index in [0.29, 0.717) is 0 Å². The summed E-state index contributed by atoms with van der Waals surface area (Å²) in [7, 11) is 2.89. The minimum absolute atomic E-state index is 0.110. The van der Waals surface area contributed by atoms with Gasteiger partial charge in [0.2, 0.25) is 0 Å². The molecule has 0 aliphatic carbocycles. The summed E-state index contributed by atoms with van der Waals surface area (Å²) in [6.07, 6.45) is 0. The molecule has 0 spiro atoms. The van der Waals surface area contributed by atoms with Crippen LogP contribution < -0.4 is 9.92 Å². The molecule has 1 atom stereocenters. The molecular formula is C12H16P2S. The summed E-state index contributed by atoms with van der Waals surface area (Å²) in [5.41, 5.74) is 0. The van der Waals surface area contributed by atoms with E-state index in [1.807, 2.05) is 47.7 Å². The highest BCUT2D eigenvalue weighted by molar-refractivity contribution is 7.67. The van der Waals surface area contributed by atoms with Crippen molar-refractivity contribution >= 4 is 38.4 Å². The van der Waals surface area contributed by atoms with Crippen LogP contribution in [0.2, 0.25) is 0 Å². The van der Waals surface area contributed by atoms with Crippen LogP contribution in [-0.2, 0) is 0 Å². The molecule has 80 valence electrons. The minimum Gasteiger partial charge on any atom is -0.144 e. The largest absolute Gasteiger partial charge is 0.144 e. The SMILES string of the molecule is CP(C)c1ccsc1P.c1ccccc1. The summed E-state index contributed by atoms with van der Waals surface area (Å²) >= 11 is 1.81. The molecule has 1 heterocycles. The first-order valence-corrected chi connectivity index (χ1v) is 8.41. The number of benzene rings is 1. The van der Waals surface area contributed by atoms with Crippen LogP contribution in [0.15, 0.2) is 47.8 Å². The van der Waals surface area contributed by atoms with Crippen LogP contribution in [0.5, 0.6) is 0 Å². The number of rotatable bonds is 1. The van der Waals surface area contributed by atoms with Crippen molar-refractivity contribution in [2.45, 2.75) is 0 Å². The van der Waals surface area contributed by atoms with Crippen LogP contribution >= 0.6 is 28.5 Å². The van der Waals surface area contributed by atoms with E-state index in [9.17, 15) is 0 Å². The first-order chi connectivity index (χ1) is 7.22. The van der Waals surface area contributed by atoms with Crippen molar-refractivity contribution in [2.75, 3.05) is 13.3 Å². The van der Waals surface area contributed by atoms with E-state index in [0.717, 1.165) is 0 Å². The Morgan fingerprint density at radius 3 is 1.67 bits per heavy atom. The summed E-state index contributed by atoms with van der Waals surface area (Å²) in [6.45, 7) is 4.57. The molecule has 0 amide bonds. The molecule has 0 nitrogen and oxygen atoms in total. The predicted octanol–water partition coefficient (Wildman–Crippen LogP) is 3.30. The summed E-state index contributed by atoms with van der Waals surface area (Å²) < 4.78 is 1.41. The Balaban J connectivity index is 0.000000162. The topological polar surface area (TPSA) is 0 Å². The summed E-state index contributed by atoms with van der Waals surface area (Å²) in [6, 6.07) is 14.2. The third kappa shape index (κ3) is 4.89. The van der Waals surface area contributed by atoms with Gasteiger partial charge in [0.25, 0.3) is 0 Å². The average Bonchev–Trinajstić information content (AvgIpc) is 2.68. The van der Waals surface area contributed by atoms with Gasteiger partial charge in [0.15, 0.2) is 0 Å². The lowest BCUT2D eigenvalue weighted by Gasteiger charge is -2.01. The molecule has 0 saturated heterocycles. The van der Waals surface area contributed by atoms with E-state index >= 15 is 0 Å². The van der Waals surface area contributed by atoms with Gasteiger partial charge in [-0.2, -0.15) is 0 Å². The van der Waals surface area contributed by atoms with Crippen LogP contribution in [0.25, 0.3) is 0 Å². The zero-order valence-electron chi connectivity index (χ0n) is 9.05. The third-order valence-corrected chi connectivity index (χ3v) is 5.03.